The molecule has 1 rings (SSSR count). The van der Waals surface area contributed by atoms with Crippen molar-refractivity contribution in [1.29, 1.82) is 0 Å². The molecule has 0 aliphatic heterocycles. The number of allylic oxidation sites excluding steroid dienone is 5. The Hall–Kier alpha value is -1.64. The van der Waals surface area contributed by atoms with Gasteiger partial charge < -0.3 is 0 Å². The molecule has 0 amide bonds. The maximum absolute atomic E-state index is 4.21. The van der Waals surface area contributed by atoms with Gasteiger partial charge >= 0.3 is 0 Å². The molecule has 1 aromatic heterocycles. The van der Waals surface area contributed by atoms with Crippen LogP contribution >= 0.6 is 0 Å². The Balaban J connectivity index is 0.000000921. The first-order chi connectivity index (χ1) is 7.27. The van der Waals surface area contributed by atoms with Crippen LogP contribution in [0.3, 0.4) is 0 Å². The molecule has 0 aromatic carbocycles. The number of hydrogen-bond acceptors (Lipinski definition) is 2. The fraction of sp³-hybridized carbons (Fsp3) is 0.333. The lowest BCUT2D eigenvalue weighted by atomic mass is 10.2. The van der Waals surface area contributed by atoms with Gasteiger partial charge in [0.1, 0.15) is 5.82 Å². The third kappa shape index (κ3) is 4.40. The standard InChI is InChI=1S/C10H13N3.C2H6/c1-4-6-7-9(5-2)10-11-8(3)12-13-10;1-2/h4-7H,1H2,2-3H3,(H,11,12,13);1-2H3/b7-6-,9-5+;. The molecule has 1 N–H and O–H groups in total. The van der Waals surface area contributed by atoms with Crippen LogP contribution in [0.25, 0.3) is 5.57 Å². The molecule has 0 bridgehead atoms. The van der Waals surface area contributed by atoms with E-state index in [9.17, 15) is 0 Å². The molecular weight excluding hydrogens is 186 g/mol. The van der Waals surface area contributed by atoms with Crippen molar-refractivity contribution in [3.63, 3.8) is 0 Å². The summed E-state index contributed by atoms with van der Waals surface area (Å²) in [6, 6.07) is 0. The molecule has 1 heterocycles. The van der Waals surface area contributed by atoms with Crippen LogP contribution in [0.15, 0.2) is 30.9 Å². The van der Waals surface area contributed by atoms with E-state index in [1.54, 1.807) is 6.08 Å². The summed E-state index contributed by atoms with van der Waals surface area (Å²) in [6.45, 7) is 11.4. The highest BCUT2D eigenvalue weighted by atomic mass is 15.2. The summed E-state index contributed by atoms with van der Waals surface area (Å²) in [5, 5.41) is 6.85. The number of aryl methyl sites for hydroxylation is 1. The summed E-state index contributed by atoms with van der Waals surface area (Å²) < 4.78 is 0. The van der Waals surface area contributed by atoms with Crippen molar-refractivity contribution in [3.05, 3.63) is 42.5 Å². The maximum atomic E-state index is 4.21. The molecule has 0 aliphatic carbocycles. The first kappa shape index (κ1) is 13.4. The zero-order valence-electron chi connectivity index (χ0n) is 9.91. The van der Waals surface area contributed by atoms with Crippen molar-refractivity contribution < 1.29 is 0 Å². The highest BCUT2D eigenvalue weighted by Crippen LogP contribution is 2.10. The molecule has 0 saturated carbocycles. The van der Waals surface area contributed by atoms with Crippen LogP contribution in [0.1, 0.15) is 32.4 Å². The normalized spacial score (nSPS) is 11.1. The summed E-state index contributed by atoms with van der Waals surface area (Å²) in [7, 11) is 0. The molecule has 1 aromatic rings. The van der Waals surface area contributed by atoms with Gasteiger partial charge in [-0.2, -0.15) is 5.10 Å². The fourth-order valence-corrected chi connectivity index (χ4v) is 0.943. The highest BCUT2D eigenvalue weighted by molar-refractivity contribution is 5.69. The number of rotatable bonds is 3. The predicted molar refractivity (Wildman–Crippen MR) is 65.5 cm³/mol. The molecule has 15 heavy (non-hydrogen) atoms. The number of H-pyrrole nitrogens is 1. The average Bonchev–Trinajstić information content (AvgIpc) is 2.69. The smallest absolute Gasteiger partial charge is 0.180 e. The predicted octanol–water partition coefficient (Wildman–Crippen LogP) is 3.28. The van der Waals surface area contributed by atoms with Gasteiger partial charge in [0.25, 0.3) is 0 Å². The molecule has 82 valence electrons. The van der Waals surface area contributed by atoms with Crippen LogP contribution in [0.5, 0.6) is 0 Å². The molecule has 3 nitrogen and oxygen atoms in total. The van der Waals surface area contributed by atoms with E-state index in [0.717, 1.165) is 17.2 Å². The zero-order chi connectivity index (χ0) is 11.7. The van der Waals surface area contributed by atoms with Gasteiger partial charge in [0.2, 0.25) is 0 Å². The van der Waals surface area contributed by atoms with Gasteiger partial charge in [-0.15, -0.1) is 0 Å². The highest BCUT2D eigenvalue weighted by Gasteiger charge is 2.01. The third-order valence-corrected chi connectivity index (χ3v) is 1.58. The number of hydrogen-bond donors (Lipinski definition) is 1. The molecule has 0 atom stereocenters. The van der Waals surface area contributed by atoms with Crippen molar-refractivity contribution in [2.24, 2.45) is 0 Å². The summed E-state index contributed by atoms with van der Waals surface area (Å²) >= 11 is 0. The van der Waals surface area contributed by atoms with Crippen molar-refractivity contribution in [1.82, 2.24) is 15.2 Å². The first-order valence-corrected chi connectivity index (χ1v) is 5.12. The van der Waals surface area contributed by atoms with Crippen molar-refractivity contribution >= 4 is 5.57 Å². The zero-order valence-corrected chi connectivity index (χ0v) is 9.91. The van der Waals surface area contributed by atoms with Crippen LogP contribution in [-0.2, 0) is 0 Å². The van der Waals surface area contributed by atoms with Crippen molar-refractivity contribution in [2.45, 2.75) is 27.7 Å². The summed E-state index contributed by atoms with van der Waals surface area (Å²) in [6.07, 6.45) is 7.47. The second-order valence-corrected chi connectivity index (χ2v) is 2.58. The van der Waals surface area contributed by atoms with Crippen LogP contribution in [0.2, 0.25) is 0 Å². The van der Waals surface area contributed by atoms with Gasteiger partial charge in [-0.1, -0.05) is 44.7 Å². The Morgan fingerprint density at radius 2 is 2.07 bits per heavy atom. The molecule has 0 aliphatic rings. The van der Waals surface area contributed by atoms with Crippen LogP contribution in [0, 0.1) is 6.92 Å². The Labute approximate surface area is 91.6 Å². The minimum atomic E-state index is 0.720. The average molecular weight is 205 g/mol. The fourth-order valence-electron chi connectivity index (χ4n) is 0.943. The first-order valence-electron chi connectivity index (χ1n) is 5.12. The van der Waals surface area contributed by atoms with Gasteiger partial charge in [-0.05, 0) is 13.8 Å². The summed E-state index contributed by atoms with van der Waals surface area (Å²) in [5.41, 5.74) is 0.990. The van der Waals surface area contributed by atoms with E-state index in [2.05, 4.69) is 21.8 Å². The van der Waals surface area contributed by atoms with Crippen LogP contribution in [0.4, 0.5) is 0 Å². The van der Waals surface area contributed by atoms with Crippen molar-refractivity contribution in [2.75, 3.05) is 0 Å². The lowest BCUT2D eigenvalue weighted by Crippen LogP contribution is -1.83. The molecular formula is C12H19N3. The second-order valence-electron chi connectivity index (χ2n) is 2.58. The van der Waals surface area contributed by atoms with E-state index in [1.165, 1.54) is 0 Å². The SMILES string of the molecule is C=C/C=C\C(=C/C)c1n[nH]c(C)n1.CC. The lowest BCUT2D eigenvalue weighted by molar-refractivity contribution is 1.03. The Morgan fingerprint density at radius 3 is 2.47 bits per heavy atom. The number of aromatic amines is 1. The Bertz CT molecular complexity index is 346. The van der Waals surface area contributed by atoms with E-state index < -0.39 is 0 Å². The van der Waals surface area contributed by atoms with E-state index in [1.807, 2.05) is 45.9 Å². The summed E-state index contributed by atoms with van der Waals surface area (Å²) in [4.78, 5) is 4.21. The van der Waals surface area contributed by atoms with Gasteiger partial charge in [0.15, 0.2) is 5.82 Å². The molecule has 0 spiro atoms. The molecule has 0 saturated heterocycles. The van der Waals surface area contributed by atoms with Gasteiger partial charge in [-0.3, -0.25) is 5.10 Å². The quantitative estimate of drug-likeness (QED) is 0.769. The number of nitrogens with one attached hydrogen (secondary N) is 1. The minimum absolute atomic E-state index is 0.720. The third-order valence-electron chi connectivity index (χ3n) is 1.58. The topological polar surface area (TPSA) is 41.6 Å². The maximum Gasteiger partial charge on any atom is 0.180 e. The van der Waals surface area contributed by atoms with E-state index in [0.29, 0.717) is 0 Å². The van der Waals surface area contributed by atoms with Gasteiger partial charge in [0, 0.05) is 5.57 Å². The van der Waals surface area contributed by atoms with Gasteiger partial charge in [0.05, 0.1) is 0 Å². The largest absolute Gasteiger partial charge is 0.263 e. The van der Waals surface area contributed by atoms with Crippen molar-refractivity contribution in [3.8, 4) is 0 Å². The van der Waals surface area contributed by atoms with E-state index in [4.69, 9.17) is 0 Å². The van der Waals surface area contributed by atoms with E-state index >= 15 is 0 Å². The molecule has 0 radical (unpaired) electrons. The van der Waals surface area contributed by atoms with Gasteiger partial charge in [-0.25, -0.2) is 4.98 Å². The molecule has 0 unspecified atom stereocenters. The van der Waals surface area contributed by atoms with E-state index in [-0.39, 0.29) is 0 Å². The Kier molecular flexibility index (Phi) is 6.89. The van der Waals surface area contributed by atoms with Crippen LogP contribution < -0.4 is 0 Å². The molecule has 0 fully saturated rings. The minimum Gasteiger partial charge on any atom is -0.263 e. The monoisotopic (exact) mass is 205 g/mol. The lowest BCUT2D eigenvalue weighted by Gasteiger charge is -1.91. The summed E-state index contributed by atoms with van der Waals surface area (Å²) in [5.74, 6) is 1.54. The second kappa shape index (κ2) is 7.74. The number of aromatic nitrogens is 3. The van der Waals surface area contributed by atoms with Crippen LogP contribution in [-0.4, -0.2) is 15.2 Å². The molecule has 3 heteroatoms. The Morgan fingerprint density at radius 1 is 1.40 bits per heavy atom. The number of nitrogens with zero attached hydrogens (tertiary/aromatic N) is 2.